The largest absolute Gasteiger partial charge is 0.491 e. The van der Waals surface area contributed by atoms with E-state index in [0.29, 0.717) is 19.6 Å². The predicted octanol–water partition coefficient (Wildman–Crippen LogP) is 4.50. The number of thiazole rings is 1. The van der Waals surface area contributed by atoms with E-state index in [-0.39, 0.29) is 12.6 Å². The highest BCUT2D eigenvalue weighted by atomic mass is 32.1. The van der Waals surface area contributed by atoms with Gasteiger partial charge in [-0.3, -0.25) is 9.69 Å². The van der Waals surface area contributed by atoms with Crippen LogP contribution in [0, 0.1) is 6.92 Å². The fraction of sp³-hybridized carbons (Fsp3) is 0.333. The minimum absolute atomic E-state index is 0.175. The Labute approximate surface area is 226 Å². The molecule has 3 aromatic carbocycles. The molecule has 6 rings (SSSR count). The molecule has 1 aliphatic heterocycles. The number of anilines is 1. The summed E-state index contributed by atoms with van der Waals surface area (Å²) >= 11 is 1.66. The van der Waals surface area contributed by atoms with Gasteiger partial charge in [0.05, 0.1) is 20.9 Å². The van der Waals surface area contributed by atoms with Crippen LogP contribution in [0.5, 0.6) is 5.75 Å². The highest BCUT2D eigenvalue weighted by molar-refractivity contribution is 7.18. The van der Waals surface area contributed by atoms with E-state index >= 15 is 0 Å². The van der Waals surface area contributed by atoms with Crippen LogP contribution in [0.25, 0.3) is 21.3 Å². The summed E-state index contributed by atoms with van der Waals surface area (Å²) < 4.78 is 7.01. The molecule has 1 fully saturated rings. The first kappa shape index (κ1) is 25.0. The zero-order valence-corrected chi connectivity index (χ0v) is 22.5. The average Bonchev–Trinajstić information content (AvgIpc) is 3.48. The molecule has 0 radical (unpaired) electrons. The molecular weight excluding hydrogens is 496 g/mol. The van der Waals surface area contributed by atoms with Crippen molar-refractivity contribution in [2.45, 2.75) is 32.4 Å². The van der Waals surface area contributed by atoms with Gasteiger partial charge in [-0.2, -0.15) is 0 Å². The van der Waals surface area contributed by atoms with Crippen molar-refractivity contribution in [2.75, 3.05) is 37.8 Å². The summed E-state index contributed by atoms with van der Waals surface area (Å²) in [5, 5.41) is 15.6. The van der Waals surface area contributed by atoms with Crippen molar-refractivity contribution in [3.8, 4) is 16.9 Å². The smallest absolute Gasteiger partial charge is 0.228 e. The number of aliphatic hydroxyl groups is 1. The third-order valence-electron chi connectivity index (χ3n) is 7.54. The molecule has 8 heteroatoms. The molecule has 1 N–H and O–H groups in total. The lowest BCUT2D eigenvalue weighted by Crippen LogP contribution is -2.58. The van der Waals surface area contributed by atoms with Crippen LogP contribution in [-0.2, 0) is 11.2 Å². The molecule has 2 atom stereocenters. The first-order chi connectivity index (χ1) is 18.5. The van der Waals surface area contributed by atoms with Crippen molar-refractivity contribution in [3.05, 3.63) is 76.8 Å². The van der Waals surface area contributed by atoms with Crippen LogP contribution < -0.4 is 9.75 Å². The molecule has 1 saturated heterocycles. The summed E-state index contributed by atoms with van der Waals surface area (Å²) in [5.74, 6) is 0.721. The number of carbonyl (C=O) groups is 1. The van der Waals surface area contributed by atoms with E-state index in [4.69, 9.17) is 4.74 Å². The fourth-order valence-electron chi connectivity index (χ4n) is 5.64. The molecule has 0 spiro atoms. The molecule has 196 valence electrons. The Balaban J connectivity index is 1.05. The van der Waals surface area contributed by atoms with E-state index in [2.05, 4.69) is 58.2 Å². The molecule has 0 saturated carbocycles. The van der Waals surface area contributed by atoms with Crippen LogP contribution >= 0.6 is 11.3 Å². The van der Waals surface area contributed by atoms with Gasteiger partial charge in [0, 0.05) is 38.3 Å². The van der Waals surface area contributed by atoms with Gasteiger partial charge in [0.1, 0.15) is 18.5 Å². The van der Waals surface area contributed by atoms with Gasteiger partial charge >= 0.3 is 0 Å². The van der Waals surface area contributed by atoms with Crippen LogP contribution in [0.3, 0.4) is 0 Å². The number of benzene rings is 3. The van der Waals surface area contributed by atoms with E-state index in [1.807, 2.05) is 31.2 Å². The number of aryl methyl sites for hydroxylation is 1. The number of carbonyl (C=O) groups excluding carboxylic acids is 1. The summed E-state index contributed by atoms with van der Waals surface area (Å²) in [6.07, 6.45) is 1.20. The summed E-state index contributed by atoms with van der Waals surface area (Å²) in [7, 11) is 0. The van der Waals surface area contributed by atoms with Gasteiger partial charge in [-0.25, -0.2) is 15.0 Å². The normalized spacial score (nSPS) is 18.2. The predicted molar refractivity (Wildman–Crippen MR) is 152 cm³/mol. The van der Waals surface area contributed by atoms with Gasteiger partial charge < -0.3 is 9.84 Å². The van der Waals surface area contributed by atoms with Crippen LogP contribution in [0.15, 0.2) is 60.7 Å². The van der Waals surface area contributed by atoms with Gasteiger partial charge in [-0.05, 0) is 66.8 Å². The minimum Gasteiger partial charge on any atom is -0.491 e. The third kappa shape index (κ3) is 4.92. The van der Waals surface area contributed by atoms with Crippen molar-refractivity contribution >= 4 is 33.7 Å². The molecule has 2 aliphatic rings. The van der Waals surface area contributed by atoms with E-state index in [1.54, 1.807) is 16.3 Å². The van der Waals surface area contributed by atoms with Crippen molar-refractivity contribution in [3.63, 3.8) is 0 Å². The number of hydrogen-bond donors (Lipinski definition) is 1. The molecule has 1 aliphatic carbocycles. The molecule has 1 aromatic heterocycles. The number of piperazine rings is 1. The van der Waals surface area contributed by atoms with Gasteiger partial charge in [0.2, 0.25) is 6.41 Å². The Morgan fingerprint density at radius 2 is 1.97 bits per heavy atom. The van der Waals surface area contributed by atoms with Crippen molar-refractivity contribution in [1.29, 1.82) is 0 Å². The second-order valence-electron chi connectivity index (χ2n) is 10.2. The molecule has 2 heterocycles. The summed E-state index contributed by atoms with van der Waals surface area (Å²) in [5.41, 5.74) is 6.96. The lowest BCUT2D eigenvalue weighted by Gasteiger charge is -2.43. The average molecular weight is 529 g/mol. The number of β-amino-alcohol motifs (C(OH)–C–C–N with tert-alkyl or cyclic N) is 1. The maximum absolute atomic E-state index is 12.2. The monoisotopic (exact) mass is 528 g/mol. The summed E-state index contributed by atoms with van der Waals surface area (Å²) in [6, 6.07) is 20.9. The third-order valence-corrected chi connectivity index (χ3v) is 8.50. The Morgan fingerprint density at radius 3 is 2.82 bits per heavy atom. The quantitative estimate of drug-likeness (QED) is 0.299. The minimum atomic E-state index is -0.614. The number of nitrogens with zero attached hydrogens (tertiary/aromatic N) is 4. The number of rotatable bonds is 8. The zero-order valence-electron chi connectivity index (χ0n) is 21.7. The van der Waals surface area contributed by atoms with E-state index in [1.165, 1.54) is 22.3 Å². The zero-order chi connectivity index (χ0) is 26.2. The van der Waals surface area contributed by atoms with Crippen molar-refractivity contribution in [2.24, 2.45) is 0 Å². The lowest BCUT2D eigenvalue weighted by molar-refractivity contribution is -0.111. The molecule has 7 nitrogen and oxygen atoms in total. The van der Waals surface area contributed by atoms with Gasteiger partial charge in [0.15, 0.2) is 0 Å². The highest BCUT2D eigenvalue weighted by Crippen LogP contribution is 2.38. The number of ether oxygens (including phenoxy) is 1. The lowest BCUT2D eigenvalue weighted by atomic mass is 10.1. The first-order valence-electron chi connectivity index (χ1n) is 13.1. The number of hydrazine groups is 1. The second kappa shape index (κ2) is 10.5. The number of aromatic nitrogens is 1. The Kier molecular flexibility index (Phi) is 6.88. The fourth-order valence-corrected chi connectivity index (χ4v) is 6.44. The van der Waals surface area contributed by atoms with Crippen LogP contribution in [0.2, 0.25) is 0 Å². The molecule has 1 amide bonds. The second-order valence-corrected chi connectivity index (χ2v) is 11.4. The van der Waals surface area contributed by atoms with Crippen LogP contribution in [-0.4, -0.2) is 71.3 Å². The van der Waals surface area contributed by atoms with Crippen molar-refractivity contribution < 1.29 is 14.6 Å². The van der Waals surface area contributed by atoms with E-state index in [0.717, 1.165) is 46.0 Å². The van der Waals surface area contributed by atoms with Gasteiger partial charge in [0.25, 0.3) is 0 Å². The number of hydrogen-bond acceptors (Lipinski definition) is 7. The van der Waals surface area contributed by atoms with Crippen LogP contribution in [0.1, 0.15) is 23.1 Å². The SMILES string of the molecule is Cc1nc2cc(OC[C@H](O)CN3CCN(N(C=O)c4ccc5c(c4)Cc4ccccc4-5)C[C@@H]3C)ccc2s1. The Morgan fingerprint density at radius 1 is 1.13 bits per heavy atom. The van der Waals surface area contributed by atoms with Gasteiger partial charge in [-0.15, -0.1) is 11.3 Å². The topological polar surface area (TPSA) is 69.1 Å². The van der Waals surface area contributed by atoms with E-state index in [9.17, 15) is 9.90 Å². The summed E-state index contributed by atoms with van der Waals surface area (Å²) in [4.78, 5) is 19.0. The van der Waals surface area contributed by atoms with E-state index < -0.39 is 6.10 Å². The summed E-state index contributed by atoms with van der Waals surface area (Å²) in [6.45, 7) is 7.03. The molecule has 4 aromatic rings. The van der Waals surface area contributed by atoms with Crippen molar-refractivity contribution in [1.82, 2.24) is 14.9 Å². The Bertz CT molecular complexity index is 1470. The van der Waals surface area contributed by atoms with Gasteiger partial charge in [-0.1, -0.05) is 30.3 Å². The molecular formula is C30H32N4O3S. The van der Waals surface area contributed by atoms with Crippen LogP contribution in [0.4, 0.5) is 5.69 Å². The maximum atomic E-state index is 12.2. The number of amides is 1. The maximum Gasteiger partial charge on any atom is 0.228 e. The molecule has 0 unspecified atom stereocenters. The standard InChI is InChI=1S/C30H32N4O3S/c1-20-16-33(34(19-35)24-7-9-28-23(14-24)13-22-5-3-4-6-27(22)28)12-11-32(20)17-25(36)18-37-26-8-10-30-29(15-26)31-21(2)38-30/h3-10,14-15,19-20,25,36H,11-13,16-18H2,1-2H3/t20-,25+/m0/s1. The number of fused-ring (bicyclic) bond motifs is 4. The first-order valence-corrected chi connectivity index (χ1v) is 13.9. The Hall–Kier alpha value is -3.30. The highest BCUT2D eigenvalue weighted by Gasteiger charge is 2.29. The number of aliphatic hydroxyl groups excluding tert-OH is 1. The molecule has 0 bridgehead atoms. The molecule has 38 heavy (non-hydrogen) atoms.